The van der Waals surface area contributed by atoms with Crippen LogP contribution < -0.4 is 15.2 Å². The first-order valence-corrected chi connectivity index (χ1v) is 6.49. The van der Waals surface area contributed by atoms with Gasteiger partial charge < -0.3 is 15.2 Å². The van der Waals surface area contributed by atoms with Gasteiger partial charge in [0.25, 0.3) is 0 Å². The lowest BCUT2D eigenvalue weighted by atomic mass is 9.95. The van der Waals surface area contributed by atoms with Gasteiger partial charge in [-0.25, -0.2) is 0 Å². The Morgan fingerprint density at radius 3 is 2.11 bits per heavy atom. The summed E-state index contributed by atoms with van der Waals surface area (Å²) >= 11 is 6.31. The molecule has 1 fully saturated rings. The van der Waals surface area contributed by atoms with E-state index >= 15 is 0 Å². The highest BCUT2D eigenvalue weighted by atomic mass is 35.5. The minimum absolute atomic E-state index is 0.0661. The first kappa shape index (κ1) is 13.5. The molecule has 1 saturated carbocycles. The lowest BCUT2D eigenvalue weighted by Crippen LogP contribution is -2.25. The predicted octanol–water partition coefficient (Wildman–Crippen LogP) is 3.01. The molecule has 0 spiro atoms. The second-order valence-electron chi connectivity index (χ2n) is 5.15. The molecule has 0 radical (unpaired) electrons. The lowest BCUT2D eigenvalue weighted by molar-refractivity contribution is 0.391. The largest absolute Gasteiger partial charge is 0.496 e. The fourth-order valence-corrected chi connectivity index (χ4v) is 2.69. The summed E-state index contributed by atoms with van der Waals surface area (Å²) < 4.78 is 10.9. The van der Waals surface area contributed by atoms with Crippen molar-refractivity contribution in [2.24, 2.45) is 5.73 Å². The maximum Gasteiger partial charge on any atom is 0.141 e. The summed E-state index contributed by atoms with van der Waals surface area (Å²) in [6.45, 7) is 3.95. The molecule has 1 aliphatic carbocycles. The van der Waals surface area contributed by atoms with E-state index in [0.717, 1.165) is 47.5 Å². The van der Waals surface area contributed by atoms with Gasteiger partial charge in [-0.2, -0.15) is 0 Å². The van der Waals surface area contributed by atoms with Crippen molar-refractivity contribution in [3.05, 3.63) is 21.7 Å². The number of benzene rings is 1. The summed E-state index contributed by atoms with van der Waals surface area (Å²) in [6.07, 6.45) is 2.95. The predicted molar refractivity (Wildman–Crippen MR) is 73.9 cm³/mol. The topological polar surface area (TPSA) is 44.5 Å². The number of hydrogen-bond acceptors (Lipinski definition) is 3. The average Bonchev–Trinajstić information content (AvgIpc) is 3.05. The van der Waals surface area contributed by atoms with E-state index in [1.165, 1.54) is 0 Å². The molecule has 1 aliphatic rings. The first-order valence-electron chi connectivity index (χ1n) is 6.12. The van der Waals surface area contributed by atoms with Crippen molar-refractivity contribution < 1.29 is 9.47 Å². The zero-order valence-electron chi connectivity index (χ0n) is 11.4. The third kappa shape index (κ3) is 2.17. The van der Waals surface area contributed by atoms with E-state index in [1.807, 2.05) is 13.8 Å². The van der Waals surface area contributed by atoms with Crippen LogP contribution in [0.5, 0.6) is 11.5 Å². The Morgan fingerprint density at radius 1 is 1.11 bits per heavy atom. The molecule has 0 heterocycles. The first-order chi connectivity index (χ1) is 8.43. The summed E-state index contributed by atoms with van der Waals surface area (Å²) in [5.74, 6) is 1.57. The van der Waals surface area contributed by atoms with Crippen molar-refractivity contribution in [1.82, 2.24) is 0 Å². The molecule has 4 heteroatoms. The second kappa shape index (κ2) is 4.63. The molecule has 3 nitrogen and oxygen atoms in total. The Labute approximate surface area is 113 Å². The van der Waals surface area contributed by atoms with Crippen LogP contribution in [0.3, 0.4) is 0 Å². The smallest absolute Gasteiger partial charge is 0.141 e. The minimum Gasteiger partial charge on any atom is -0.496 e. The molecule has 2 N–H and O–H groups in total. The highest BCUT2D eigenvalue weighted by Crippen LogP contribution is 2.45. The Morgan fingerprint density at radius 2 is 1.67 bits per heavy atom. The van der Waals surface area contributed by atoms with Crippen LogP contribution in [-0.4, -0.2) is 19.8 Å². The number of hydrogen-bond donors (Lipinski definition) is 1. The molecule has 0 bridgehead atoms. The van der Waals surface area contributed by atoms with E-state index in [-0.39, 0.29) is 5.54 Å². The third-order valence-electron chi connectivity index (χ3n) is 3.77. The van der Waals surface area contributed by atoms with Crippen LogP contribution in [0.25, 0.3) is 0 Å². The van der Waals surface area contributed by atoms with Crippen LogP contribution in [0.15, 0.2) is 0 Å². The van der Waals surface area contributed by atoms with Gasteiger partial charge in [0.2, 0.25) is 0 Å². The van der Waals surface area contributed by atoms with Crippen LogP contribution in [0.4, 0.5) is 0 Å². The van der Waals surface area contributed by atoms with Gasteiger partial charge in [0.05, 0.1) is 19.2 Å². The van der Waals surface area contributed by atoms with Crippen molar-refractivity contribution in [3.63, 3.8) is 0 Å². The second-order valence-corrected chi connectivity index (χ2v) is 5.53. The molecule has 0 aromatic heterocycles. The SMILES string of the molecule is COc1c(C)c(CC2(N)CC2)c(OC)c(C)c1Cl. The van der Waals surface area contributed by atoms with Crippen LogP contribution in [0.1, 0.15) is 29.5 Å². The molecule has 1 aromatic carbocycles. The van der Waals surface area contributed by atoms with Gasteiger partial charge in [0.15, 0.2) is 0 Å². The molecule has 1 aromatic rings. The van der Waals surface area contributed by atoms with Gasteiger partial charge in [0, 0.05) is 16.7 Å². The van der Waals surface area contributed by atoms with Crippen molar-refractivity contribution in [1.29, 1.82) is 0 Å². The van der Waals surface area contributed by atoms with E-state index in [1.54, 1.807) is 14.2 Å². The molecule has 18 heavy (non-hydrogen) atoms. The standard InChI is InChI=1S/C14H20ClNO2/c1-8-10(7-14(16)5-6-14)12(17-3)9(2)11(15)13(8)18-4/h5-7,16H2,1-4H3. The summed E-state index contributed by atoms with van der Waals surface area (Å²) in [6, 6.07) is 0. The Balaban J connectivity index is 2.57. The van der Waals surface area contributed by atoms with Gasteiger partial charge in [-0.3, -0.25) is 0 Å². The summed E-state index contributed by atoms with van der Waals surface area (Å²) in [5, 5.41) is 0.623. The van der Waals surface area contributed by atoms with Crippen LogP contribution in [0, 0.1) is 13.8 Å². The molecular formula is C14H20ClNO2. The number of rotatable bonds is 4. The molecule has 0 amide bonds. The van der Waals surface area contributed by atoms with E-state index in [4.69, 9.17) is 26.8 Å². The summed E-state index contributed by atoms with van der Waals surface area (Å²) in [7, 11) is 3.31. The number of methoxy groups -OCH3 is 2. The highest BCUT2D eigenvalue weighted by Gasteiger charge is 2.40. The van der Waals surface area contributed by atoms with Gasteiger partial charge >= 0.3 is 0 Å². The minimum atomic E-state index is -0.0661. The van der Waals surface area contributed by atoms with Gasteiger partial charge in [-0.1, -0.05) is 11.6 Å². The Hall–Kier alpha value is -0.930. The summed E-state index contributed by atoms with van der Waals surface area (Å²) in [5.41, 5.74) is 9.22. The van der Waals surface area contributed by atoms with E-state index in [9.17, 15) is 0 Å². The maximum absolute atomic E-state index is 6.31. The monoisotopic (exact) mass is 269 g/mol. The number of ether oxygens (including phenoxy) is 2. The van der Waals surface area contributed by atoms with Crippen molar-refractivity contribution in [3.8, 4) is 11.5 Å². The quantitative estimate of drug-likeness (QED) is 0.914. The molecule has 0 aliphatic heterocycles. The van der Waals surface area contributed by atoms with E-state index in [0.29, 0.717) is 5.02 Å². The van der Waals surface area contributed by atoms with Gasteiger partial charge in [-0.05, 0) is 38.7 Å². The van der Waals surface area contributed by atoms with Crippen LogP contribution in [0.2, 0.25) is 5.02 Å². The van der Waals surface area contributed by atoms with Crippen LogP contribution >= 0.6 is 11.6 Å². The van der Waals surface area contributed by atoms with Crippen LogP contribution in [-0.2, 0) is 6.42 Å². The molecular weight excluding hydrogens is 250 g/mol. The van der Waals surface area contributed by atoms with Crippen molar-refractivity contribution in [2.75, 3.05) is 14.2 Å². The molecule has 2 rings (SSSR count). The van der Waals surface area contributed by atoms with Crippen molar-refractivity contribution in [2.45, 2.75) is 38.6 Å². The Bertz CT molecular complexity index is 481. The molecule has 100 valence electrons. The normalized spacial score (nSPS) is 16.6. The maximum atomic E-state index is 6.31. The Kier molecular flexibility index (Phi) is 3.47. The van der Waals surface area contributed by atoms with E-state index < -0.39 is 0 Å². The summed E-state index contributed by atoms with van der Waals surface area (Å²) in [4.78, 5) is 0. The molecule has 0 atom stereocenters. The van der Waals surface area contributed by atoms with Gasteiger partial charge in [-0.15, -0.1) is 0 Å². The molecule has 0 saturated heterocycles. The highest BCUT2D eigenvalue weighted by molar-refractivity contribution is 6.33. The van der Waals surface area contributed by atoms with Gasteiger partial charge in [0.1, 0.15) is 11.5 Å². The van der Waals surface area contributed by atoms with Crippen molar-refractivity contribution >= 4 is 11.6 Å². The fourth-order valence-electron chi connectivity index (χ4n) is 2.39. The zero-order valence-corrected chi connectivity index (χ0v) is 12.1. The lowest BCUT2D eigenvalue weighted by Gasteiger charge is -2.21. The van der Waals surface area contributed by atoms with E-state index in [2.05, 4.69) is 0 Å². The third-order valence-corrected chi connectivity index (χ3v) is 4.22. The zero-order chi connectivity index (χ0) is 13.5. The fraction of sp³-hybridized carbons (Fsp3) is 0.571. The molecule has 0 unspecified atom stereocenters. The number of nitrogens with two attached hydrogens (primary N) is 1. The number of halogens is 1. The average molecular weight is 270 g/mol.